The summed E-state index contributed by atoms with van der Waals surface area (Å²) in [5, 5.41) is 7.69. The fourth-order valence-corrected chi connectivity index (χ4v) is 1.91. The Bertz CT molecular complexity index is 549. The van der Waals surface area contributed by atoms with E-state index in [-0.39, 0.29) is 11.9 Å². The Hall–Kier alpha value is -2.07. The smallest absolute Gasteiger partial charge is 0.243 e. The largest absolute Gasteiger partial charge is 0.350 e. The fourth-order valence-electron chi connectivity index (χ4n) is 1.78. The molecule has 1 aromatic heterocycles. The van der Waals surface area contributed by atoms with E-state index in [2.05, 4.69) is 17.0 Å². The summed E-state index contributed by atoms with van der Waals surface area (Å²) in [6.45, 7) is 3.87. The van der Waals surface area contributed by atoms with Gasteiger partial charge in [-0.2, -0.15) is 5.10 Å². The Morgan fingerprint density at radius 3 is 2.79 bits per heavy atom. The van der Waals surface area contributed by atoms with Crippen molar-refractivity contribution in [2.75, 3.05) is 6.54 Å². The standard InChI is InChI=1S/C14H14ClN3O/c1-2-14(19)16-10-13(18-9-3-8-17-18)11-4-6-12(15)7-5-11/h2-9,13H,1,10H2,(H,16,19)/t13-/m0/s1. The second-order valence-electron chi connectivity index (χ2n) is 4.00. The van der Waals surface area contributed by atoms with Crippen molar-refractivity contribution in [3.8, 4) is 0 Å². The molecule has 1 heterocycles. The van der Waals surface area contributed by atoms with E-state index in [1.807, 2.05) is 36.5 Å². The molecule has 5 heteroatoms. The molecule has 19 heavy (non-hydrogen) atoms. The predicted molar refractivity (Wildman–Crippen MR) is 75.0 cm³/mol. The van der Waals surface area contributed by atoms with Crippen LogP contribution in [0.3, 0.4) is 0 Å². The molecule has 1 amide bonds. The van der Waals surface area contributed by atoms with Crippen molar-refractivity contribution >= 4 is 17.5 Å². The Balaban J connectivity index is 2.21. The van der Waals surface area contributed by atoms with E-state index in [1.165, 1.54) is 6.08 Å². The molecular weight excluding hydrogens is 262 g/mol. The maximum atomic E-state index is 11.3. The number of carbonyl (C=O) groups excluding carboxylic acids is 1. The Kier molecular flexibility index (Phi) is 4.36. The highest BCUT2D eigenvalue weighted by Crippen LogP contribution is 2.19. The highest BCUT2D eigenvalue weighted by molar-refractivity contribution is 6.30. The molecule has 98 valence electrons. The lowest BCUT2D eigenvalue weighted by molar-refractivity contribution is -0.116. The summed E-state index contributed by atoms with van der Waals surface area (Å²) in [5.41, 5.74) is 1.03. The van der Waals surface area contributed by atoms with Crippen LogP contribution in [0, 0.1) is 0 Å². The van der Waals surface area contributed by atoms with Gasteiger partial charge < -0.3 is 5.32 Å². The summed E-state index contributed by atoms with van der Waals surface area (Å²) in [7, 11) is 0. The zero-order chi connectivity index (χ0) is 13.7. The maximum Gasteiger partial charge on any atom is 0.243 e. The second-order valence-corrected chi connectivity index (χ2v) is 4.44. The molecule has 0 bridgehead atoms. The molecule has 1 N–H and O–H groups in total. The minimum atomic E-state index is -0.203. The third kappa shape index (κ3) is 3.45. The van der Waals surface area contributed by atoms with Crippen molar-refractivity contribution in [2.45, 2.75) is 6.04 Å². The van der Waals surface area contributed by atoms with E-state index >= 15 is 0 Å². The number of nitrogens with zero attached hydrogens (tertiary/aromatic N) is 2. The van der Waals surface area contributed by atoms with Crippen LogP contribution in [0.5, 0.6) is 0 Å². The lowest BCUT2D eigenvalue weighted by Gasteiger charge is -2.18. The molecule has 0 unspecified atom stereocenters. The minimum absolute atomic E-state index is 0.0730. The number of benzene rings is 1. The van der Waals surface area contributed by atoms with Crippen molar-refractivity contribution in [2.24, 2.45) is 0 Å². The van der Waals surface area contributed by atoms with E-state index in [0.29, 0.717) is 11.6 Å². The number of aromatic nitrogens is 2. The molecule has 0 aliphatic carbocycles. The van der Waals surface area contributed by atoms with Crippen LogP contribution in [-0.4, -0.2) is 22.2 Å². The van der Waals surface area contributed by atoms with E-state index in [9.17, 15) is 4.79 Å². The third-order valence-electron chi connectivity index (χ3n) is 2.75. The molecule has 0 spiro atoms. The van der Waals surface area contributed by atoms with Gasteiger partial charge in [0.2, 0.25) is 5.91 Å². The van der Waals surface area contributed by atoms with Crippen molar-refractivity contribution in [1.82, 2.24) is 15.1 Å². The zero-order valence-electron chi connectivity index (χ0n) is 10.3. The van der Waals surface area contributed by atoms with Gasteiger partial charge in [0.15, 0.2) is 0 Å². The first-order valence-electron chi connectivity index (χ1n) is 5.85. The molecule has 0 saturated heterocycles. The van der Waals surface area contributed by atoms with Gasteiger partial charge in [0, 0.05) is 24.0 Å². The summed E-state index contributed by atoms with van der Waals surface area (Å²) in [6.07, 6.45) is 4.82. The van der Waals surface area contributed by atoms with Crippen LogP contribution < -0.4 is 5.32 Å². The van der Waals surface area contributed by atoms with Crippen molar-refractivity contribution in [1.29, 1.82) is 0 Å². The van der Waals surface area contributed by atoms with Gasteiger partial charge in [0.1, 0.15) is 0 Å². The highest BCUT2D eigenvalue weighted by Gasteiger charge is 2.14. The minimum Gasteiger partial charge on any atom is -0.350 e. The molecule has 0 radical (unpaired) electrons. The number of nitrogens with one attached hydrogen (secondary N) is 1. The Morgan fingerprint density at radius 1 is 1.47 bits per heavy atom. The van der Waals surface area contributed by atoms with E-state index in [0.717, 1.165) is 5.56 Å². The quantitative estimate of drug-likeness (QED) is 0.852. The summed E-state index contributed by atoms with van der Waals surface area (Å²) in [6, 6.07) is 9.27. The lowest BCUT2D eigenvalue weighted by atomic mass is 10.1. The molecule has 0 fully saturated rings. The van der Waals surface area contributed by atoms with Gasteiger partial charge in [-0.1, -0.05) is 30.3 Å². The first-order chi connectivity index (χ1) is 9.20. The molecule has 4 nitrogen and oxygen atoms in total. The zero-order valence-corrected chi connectivity index (χ0v) is 11.0. The molecule has 2 rings (SSSR count). The molecule has 0 saturated carbocycles. The maximum absolute atomic E-state index is 11.3. The van der Waals surface area contributed by atoms with Crippen LogP contribution in [0.2, 0.25) is 5.02 Å². The SMILES string of the molecule is C=CC(=O)NC[C@@H](c1ccc(Cl)cc1)n1cccn1. The first-order valence-corrected chi connectivity index (χ1v) is 6.23. The predicted octanol–water partition coefficient (Wildman–Crippen LogP) is 2.43. The van der Waals surface area contributed by atoms with Gasteiger partial charge in [-0.3, -0.25) is 9.48 Å². The van der Waals surface area contributed by atoms with Crippen molar-refractivity contribution < 1.29 is 4.79 Å². The van der Waals surface area contributed by atoms with E-state index in [1.54, 1.807) is 10.9 Å². The van der Waals surface area contributed by atoms with Gasteiger partial charge >= 0.3 is 0 Å². The lowest BCUT2D eigenvalue weighted by Crippen LogP contribution is -2.30. The van der Waals surface area contributed by atoms with Crippen LogP contribution >= 0.6 is 11.6 Å². The van der Waals surface area contributed by atoms with Gasteiger partial charge in [-0.15, -0.1) is 0 Å². The first kappa shape index (κ1) is 13.4. The van der Waals surface area contributed by atoms with Gasteiger partial charge in [-0.05, 0) is 29.8 Å². The topological polar surface area (TPSA) is 46.9 Å². The van der Waals surface area contributed by atoms with Crippen LogP contribution in [0.4, 0.5) is 0 Å². The number of rotatable bonds is 5. The number of hydrogen-bond acceptors (Lipinski definition) is 2. The van der Waals surface area contributed by atoms with E-state index in [4.69, 9.17) is 11.6 Å². The molecule has 1 aromatic carbocycles. The summed E-state index contributed by atoms with van der Waals surface area (Å²) in [5.74, 6) is -0.203. The Labute approximate surface area is 116 Å². The number of halogens is 1. The number of carbonyl (C=O) groups is 1. The van der Waals surface area contributed by atoms with Crippen LogP contribution in [0.1, 0.15) is 11.6 Å². The second kappa shape index (κ2) is 6.20. The Morgan fingerprint density at radius 2 is 2.21 bits per heavy atom. The molecular formula is C14H14ClN3O. The monoisotopic (exact) mass is 275 g/mol. The van der Waals surface area contributed by atoms with Crippen LogP contribution in [0.15, 0.2) is 55.4 Å². The summed E-state index contributed by atoms with van der Waals surface area (Å²) < 4.78 is 1.80. The average molecular weight is 276 g/mol. The third-order valence-corrected chi connectivity index (χ3v) is 3.01. The van der Waals surface area contributed by atoms with Gasteiger partial charge in [0.25, 0.3) is 0 Å². The molecule has 0 aliphatic rings. The van der Waals surface area contributed by atoms with Gasteiger partial charge in [0.05, 0.1) is 6.04 Å². The fraction of sp³-hybridized carbons (Fsp3) is 0.143. The number of hydrogen-bond donors (Lipinski definition) is 1. The molecule has 2 aromatic rings. The van der Waals surface area contributed by atoms with Crippen LogP contribution in [0.25, 0.3) is 0 Å². The molecule has 0 aliphatic heterocycles. The van der Waals surface area contributed by atoms with E-state index < -0.39 is 0 Å². The normalized spacial score (nSPS) is 11.8. The highest BCUT2D eigenvalue weighted by atomic mass is 35.5. The molecule has 1 atom stereocenters. The average Bonchev–Trinajstić information content (AvgIpc) is 2.94. The van der Waals surface area contributed by atoms with Gasteiger partial charge in [-0.25, -0.2) is 0 Å². The van der Waals surface area contributed by atoms with Crippen LogP contribution in [-0.2, 0) is 4.79 Å². The summed E-state index contributed by atoms with van der Waals surface area (Å²) >= 11 is 5.89. The van der Waals surface area contributed by atoms with Crippen molar-refractivity contribution in [3.05, 3.63) is 66.0 Å². The van der Waals surface area contributed by atoms with Crippen molar-refractivity contribution in [3.63, 3.8) is 0 Å². The summed E-state index contributed by atoms with van der Waals surface area (Å²) in [4.78, 5) is 11.3. The number of amides is 1.